The summed E-state index contributed by atoms with van der Waals surface area (Å²) in [6.45, 7) is 5.03. The van der Waals surface area contributed by atoms with Gasteiger partial charge in [-0.25, -0.2) is 4.79 Å². The number of amides is 2. The first kappa shape index (κ1) is 13.2. The number of hydrogen-bond donors (Lipinski definition) is 1. The maximum absolute atomic E-state index is 12.4. The van der Waals surface area contributed by atoms with Crippen LogP contribution in [0.3, 0.4) is 0 Å². The summed E-state index contributed by atoms with van der Waals surface area (Å²) in [5.41, 5.74) is 0. The van der Waals surface area contributed by atoms with E-state index >= 15 is 0 Å². The molecule has 2 amide bonds. The number of carbonyl (C=O) groups excluding carboxylic acids is 1. The Morgan fingerprint density at radius 2 is 1.53 bits per heavy atom. The smallest absolute Gasteiger partial charge is 0.319 e. The summed E-state index contributed by atoms with van der Waals surface area (Å²) in [7, 11) is 0. The average molecular weight is 265 g/mol. The van der Waals surface area contributed by atoms with Crippen LogP contribution in [0, 0.1) is 5.92 Å². The van der Waals surface area contributed by atoms with E-state index in [-0.39, 0.29) is 0 Å². The molecule has 0 aromatic heterocycles. The predicted octanol–water partition coefficient (Wildman–Crippen LogP) is 2.06. The van der Waals surface area contributed by atoms with Gasteiger partial charge in [-0.3, -0.25) is 0 Å². The quantitative estimate of drug-likeness (QED) is 0.848. The molecule has 4 heteroatoms. The van der Waals surface area contributed by atoms with Crippen LogP contribution in [-0.4, -0.2) is 54.6 Å². The van der Waals surface area contributed by atoms with Gasteiger partial charge in [-0.05, 0) is 57.4 Å². The Kier molecular flexibility index (Phi) is 4.26. The molecule has 3 aliphatic rings. The molecule has 4 nitrogen and oxygen atoms in total. The third kappa shape index (κ3) is 3.62. The van der Waals surface area contributed by atoms with Crippen LogP contribution < -0.4 is 5.32 Å². The largest absolute Gasteiger partial charge is 0.325 e. The van der Waals surface area contributed by atoms with Crippen LogP contribution in [0.1, 0.15) is 44.9 Å². The van der Waals surface area contributed by atoms with E-state index in [0.717, 1.165) is 44.9 Å². The van der Waals surface area contributed by atoms with Crippen molar-refractivity contribution in [3.63, 3.8) is 0 Å². The monoisotopic (exact) mass is 265 g/mol. The summed E-state index contributed by atoms with van der Waals surface area (Å²) in [4.78, 5) is 16.5. The predicted molar refractivity (Wildman–Crippen MR) is 76.1 cm³/mol. The summed E-state index contributed by atoms with van der Waals surface area (Å²) < 4.78 is 0. The number of nitrogens with zero attached hydrogens (tertiary/aromatic N) is 2. The second kappa shape index (κ2) is 6.12. The van der Waals surface area contributed by atoms with Crippen molar-refractivity contribution in [3.05, 3.63) is 0 Å². The van der Waals surface area contributed by atoms with Gasteiger partial charge < -0.3 is 15.1 Å². The highest BCUT2D eigenvalue weighted by Gasteiger charge is 2.28. The fourth-order valence-corrected chi connectivity index (χ4v) is 3.22. The molecule has 0 aromatic carbocycles. The lowest BCUT2D eigenvalue weighted by molar-refractivity contribution is 0.129. The van der Waals surface area contributed by atoms with Crippen LogP contribution in [-0.2, 0) is 0 Å². The van der Waals surface area contributed by atoms with Crippen LogP contribution in [0.5, 0.6) is 0 Å². The van der Waals surface area contributed by atoms with Crippen molar-refractivity contribution in [3.8, 4) is 0 Å². The number of likely N-dealkylation sites (tertiary alicyclic amines) is 2. The first-order valence-corrected chi connectivity index (χ1v) is 8.10. The van der Waals surface area contributed by atoms with Gasteiger partial charge in [-0.2, -0.15) is 0 Å². The lowest BCUT2D eigenvalue weighted by atomic mass is 10.0. The van der Waals surface area contributed by atoms with E-state index in [1.165, 1.54) is 38.6 Å². The molecule has 0 bridgehead atoms. The molecule has 2 heterocycles. The van der Waals surface area contributed by atoms with Crippen molar-refractivity contribution in [2.24, 2.45) is 5.92 Å². The van der Waals surface area contributed by atoms with Gasteiger partial charge in [0.1, 0.15) is 0 Å². The van der Waals surface area contributed by atoms with Crippen LogP contribution in [0.4, 0.5) is 4.79 Å². The summed E-state index contributed by atoms with van der Waals surface area (Å²) in [5, 5.41) is 3.67. The Morgan fingerprint density at radius 3 is 2.16 bits per heavy atom. The Balaban J connectivity index is 1.39. The third-order valence-electron chi connectivity index (χ3n) is 4.78. The number of piperidine rings is 2. The molecule has 0 atom stereocenters. The molecule has 0 spiro atoms. The van der Waals surface area contributed by atoms with E-state index in [9.17, 15) is 4.79 Å². The Morgan fingerprint density at radius 1 is 0.895 bits per heavy atom. The molecule has 1 N–H and O–H groups in total. The molecule has 108 valence electrons. The molecule has 1 saturated carbocycles. The number of urea groups is 1. The highest BCUT2D eigenvalue weighted by atomic mass is 16.2. The van der Waals surface area contributed by atoms with Crippen molar-refractivity contribution in [1.82, 2.24) is 15.1 Å². The second-order valence-corrected chi connectivity index (χ2v) is 6.44. The Labute approximate surface area is 116 Å². The minimum atomic E-state index is 0.292. The average Bonchev–Trinajstić information content (AvgIpc) is 3.30. The molecule has 19 heavy (non-hydrogen) atoms. The lowest BCUT2D eigenvalue weighted by Gasteiger charge is -2.37. The highest BCUT2D eigenvalue weighted by Crippen LogP contribution is 2.28. The Bertz CT molecular complexity index is 303. The van der Waals surface area contributed by atoms with Crippen molar-refractivity contribution in [2.75, 3.05) is 32.7 Å². The van der Waals surface area contributed by atoms with Gasteiger partial charge >= 0.3 is 6.03 Å². The van der Waals surface area contributed by atoms with Crippen molar-refractivity contribution in [2.45, 2.75) is 51.0 Å². The maximum Gasteiger partial charge on any atom is 0.319 e. The molecule has 0 radical (unpaired) electrons. The van der Waals surface area contributed by atoms with Crippen LogP contribution in [0.15, 0.2) is 0 Å². The SMILES string of the molecule is O=C(N1CCCCC1)N1CCC(NCC2CC2)CC1. The summed E-state index contributed by atoms with van der Waals surface area (Å²) in [6, 6.07) is 0.936. The van der Waals surface area contributed by atoms with E-state index < -0.39 is 0 Å². The normalized spacial score (nSPS) is 25.7. The first-order valence-electron chi connectivity index (χ1n) is 8.10. The van der Waals surface area contributed by atoms with Crippen molar-refractivity contribution in [1.29, 1.82) is 0 Å². The van der Waals surface area contributed by atoms with Gasteiger partial charge in [-0.1, -0.05) is 0 Å². The van der Waals surface area contributed by atoms with Crippen LogP contribution >= 0.6 is 0 Å². The molecular formula is C15H27N3O. The molecule has 3 fully saturated rings. The Hall–Kier alpha value is -0.770. The zero-order valence-electron chi connectivity index (χ0n) is 11.9. The molecule has 3 rings (SSSR count). The summed E-state index contributed by atoms with van der Waals surface area (Å²) >= 11 is 0. The number of nitrogens with one attached hydrogen (secondary N) is 1. The van der Waals surface area contributed by atoms with Gasteiger partial charge in [0.2, 0.25) is 0 Å². The number of hydrogen-bond acceptors (Lipinski definition) is 2. The fraction of sp³-hybridized carbons (Fsp3) is 0.933. The minimum absolute atomic E-state index is 0.292. The standard InChI is InChI=1S/C15H27N3O/c19-15(17-8-2-1-3-9-17)18-10-6-14(7-11-18)16-12-13-4-5-13/h13-14,16H,1-12H2. The van der Waals surface area contributed by atoms with Crippen molar-refractivity contribution < 1.29 is 4.79 Å². The van der Waals surface area contributed by atoms with Crippen LogP contribution in [0.2, 0.25) is 0 Å². The van der Waals surface area contributed by atoms with E-state index in [1.54, 1.807) is 0 Å². The van der Waals surface area contributed by atoms with Crippen LogP contribution in [0.25, 0.3) is 0 Å². The van der Waals surface area contributed by atoms with Gasteiger partial charge in [-0.15, -0.1) is 0 Å². The number of carbonyl (C=O) groups is 1. The fourth-order valence-electron chi connectivity index (χ4n) is 3.22. The van der Waals surface area contributed by atoms with E-state index in [1.807, 2.05) is 0 Å². The molecule has 0 aromatic rings. The van der Waals surface area contributed by atoms with E-state index in [2.05, 4.69) is 15.1 Å². The van der Waals surface area contributed by atoms with E-state index in [0.29, 0.717) is 12.1 Å². The number of rotatable bonds is 3. The second-order valence-electron chi connectivity index (χ2n) is 6.44. The molecule has 2 saturated heterocycles. The highest BCUT2D eigenvalue weighted by molar-refractivity contribution is 5.74. The topological polar surface area (TPSA) is 35.6 Å². The third-order valence-corrected chi connectivity index (χ3v) is 4.78. The molecular weight excluding hydrogens is 238 g/mol. The minimum Gasteiger partial charge on any atom is -0.325 e. The maximum atomic E-state index is 12.4. The van der Waals surface area contributed by atoms with Gasteiger partial charge in [0.25, 0.3) is 0 Å². The molecule has 2 aliphatic heterocycles. The van der Waals surface area contributed by atoms with E-state index in [4.69, 9.17) is 0 Å². The lowest BCUT2D eigenvalue weighted by Crippen LogP contribution is -2.51. The van der Waals surface area contributed by atoms with Crippen molar-refractivity contribution >= 4 is 6.03 Å². The van der Waals surface area contributed by atoms with Gasteiger partial charge in [0.15, 0.2) is 0 Å². The molecule has 1 aliphatic carbocycles. The van der Waals surface area contributed by atoms with Gasteiger partial charge in [0, 0.05) is 32.2 Å². The first-order chi connectivity index (χ1) is 9.33. The van der Waals surface area contributed by atoms with Gasteiger partial charge in [0.05, 0.1) is 0 Å². The zero-order valence-corrected chi connectivity index (χ0v) is 11.9. The zero-order chi connectivity index (χ0) is 13.1. The summed E-state index contributed by atoms with van der Waals surface area (Å²) in [5.74, 6) is 0.952. The molecule has 0 unspecified atom stereocenters. The summed E-state index contributed by atoms with van der Waals surface area (Å²) in [6.07, 6.45) is 8.75.